The van der Waals surface area contributed by atoms with Gasteiger partial charge in [-0.15, -0.1) is 0 Å². The number of hydrogen-bond acceptors (Lipinski definition) is 5. The molecule has 0 aliphatic heterocycles. The number of aliphatic hydroxyl groups excluding tert-OH is 1. The minimum Gasteiger partial charge on any atom is -0.508 e. The molecule has 1 aliphatic rings. The van der Waals surface area contributed by atoms with Crippen LogP contribution in [0.4, 0.5) is 0 Å². The van der Waals surface area contributed by atoms with E-state index in [9.17, 15) is 9.90 Å². The molecule has 0 saturated heterocycles. The molecule has 98 valence electrons. The zero-order chi connectivity index (χ0) is 13.1. The van der Waals surface area contributed by atoms with E-state index < -0.39 is 0 Å². The van der Waals surface area contributed by atoms with Crippen LogP contribution in [0.3, 0.4) is 0 Å². The first-order valence-electron chi connectivity index (χ1n) is 6.02. The lowest BCUT2D eigenvalue weighted by Crippen LogP contribution is -2.34. The summed E-state index contributed by atoms with van der Waals surface area (Å²) in [5.74, 6) is -0.481. The summed E-state index contributed by atoms with van der Waals surface area (Å²) in [5.41, 5.74) is 0.205. The maximum absolute atomic E-state index is 12.0. The molecular weight excluding hydrogens is 234 g/mol. The molecule has 18 heavy (non-hydrogen) atoms. The number of benzene rings is 1. The summed E-state index contributed by atoms with van der Waals surface area (Å²) < 4.78 is 0. The number of ketones is 1. The molecule has 1 aromatic carbocycles. The monoisotopic (exact) mass is 251 g/mol. The normalized spacial score (nSPS) is 15.0. The van der Waals surface area contributed by atoms with Crippen molar-refractivity contribution in [1.29, 1.82) is 0 Å². The summed E-state index contributed by atoms with van der Waals surface area (Å²) in [6.45, 7) is 0.671. The van der Waals surface area contributed by atoms with Crippen LogP contribution in [0.15, 0.2) is 18.2 Å². The second kappa shape index (κ2) is 5.37. The molecule has 0 spiro atoms. The Balaban J connectivity index is 2.05. The molecule has 2 rings (SSSR count). The lowest BCUT2D eigenvalue weighted by atomic mass is 10.1. The summed E-state index contributed by atoms with van der Waals surface area (Å²) in [6.07, 6.45) is 2.10. The van der Waals surface area contributed by atoms with E-state index >= 15 is 0 Å². The van der Waals surface area contributed by atoms with E-state index in [1.165, 1.54) is 12.1 Å². The van der Waals surface area contributed by atoms with Crippen LogP contribution in [0, 0.1) is 0 Å². The number of phenols is 2. The van der Waals surface area contributed by atoms with E-state index in [2.05, 4.69) is 0 Å². The predicted molar refractivity (Wildman–Crippen MR) is 65.8 cm³/mol. The number of Topliss-reactive ketones (excluding diaryl/α,β-unsaturated/α-hetero) is 1. The fraction of sp³-hybridized carbons (Fsp3) is 0.462. The number of rotatable bonds is 6. The Hall–Kier alpha value is -1.59. The molecule has 1 saturated carbocycles. The molecular formula is C13H17NO4. The van der Waals surface area contributed by atoms with Gasteiger partial charge in [0, 0.05) is 18.7 Å². The van der Waals surface area contributed by atoms with Gasteiger partial charge in [-0.25, -0.2) is 0 Å². The first kappa shape index (κ1) is 12.9. The van der Waals surface area contributed by atoms with Crippen LogP contribution in [0.25, 0.3) is 0 Å². The van der Waals surface area contributed by atoms with Gasteiger partial charge in [0.2, 0.25) is 0 Å². The van der Waals surface area contributed by atoms with Gasteiger partial charge in [0.25, 0.3) is 0 Å². The highest BCUT2D eigenvalue weighted by Gasteiger charge is 2.30. The van der Waals surface area contributed by atoms with Crippen LogP contribution in [0.1, 0.15) is 23.2 Å². The van der Waals surface area contributed by atoms with E-state index in [0.29, 0.717) is 12.6 Å². The van der Waals surface area contributed by atoms with E-state index in [1.54, 1.807) is 0 Å². The topological polar surface area (TPSA) is 81.0 Å². The Kier molecular flexibility index (Phi) is 3.84. The molecule has 0 radical (unpaired) electrons. The number of carbonyl (C=O) groups is 1. The molecule has 3 N–H and O–H groups in total. The minimum absolute atomic E-state index is 0.0192. The fourth-order valence-corrected chi connectivity index (χ4v) is 1.98. The van der Waals surface area contributed by atoms with Crippen molar-refractivity contribution in [2.45, 2.75) is 18.9 Å². The second-order valence-electron chi connectivity index (χ2n) is 4.55. The third-order valence-electron chi connectivity index (χ3n) is 3.08. The van der Waals surface area contributed by atoms with Crippen LogP contribution in [-0.2, 0) is 0 Å². The van der Waals surface area contributed by atoms with Crippen molar-refractivity contribution < 1.29 is 20.1 Å². The largest absolute Gasteiger partial charge is 0.508 e. The summed E-state index contributed by atoms with van der Waals surface area (Å²) in [6, 6.07) is 4.32. The molecule has 5 heteroatoms. The third-order valence-corrected chi connectivity index (χ3v) is 3.08. The van der Waals surface area contributed by atoms with Crippen molar-refractivity contribution in [3.63, 3.8) is 0 Å². The number of aromatic hydroxyl groups is 2. The number of aliphatic hydroxyl groups is 1. The van der Waals surface area contributed by atoms with Gasteiger partial charge in [0.1, 0.15) is 11.5 Å². The third kappa shape index (κ3) is 3.00. The molecule has 0 aromatic heterocycles. The Morgan fingerprint density at radius 1 is 1.33 bits per heavy atom. The van der Waals surface area contributed by atoms with Crippen LogP contribution in [-0.4, -0.2) is 51.7 Å². The second-order valence-corrected chi connectivity index (χ2v) is 4.55. The molecule has 1 fully saturated rings. The first-order chi connectivity index (χ1) is 8.61. The molecule has 1 aromatic rings. The summed E-state index contributed by atoms with van der Waals surface area (Å²) in [7, 11) is 0. The van der Waals surface area contributed by atoms with E-state index in [1.807, 2.05) is 4.90 Å². The molecule has 0 bridgehead atoms. The van der Waals surface area contributed by atoms with Crippen molar-refractivity contribution in [1.82, 2.24) is 4.90 Å². The Morgan fingerprint density at radius 3 is 2.61 bits per heavy atom. The van der Waals surface area contributed by atoms with Gasteiger partial charge in [-0.05, 0) is 25.0 Å². The number of hydrogen-bond donors (Lipinski definition) is 3. The zero-order valence-corrected chi connectivity index (χ0v) is 10.0. The van der Waals surface area contributed by atoms with E-state index in [-0.39, 0.29) is 36.0 Å². The van der Waals surface area contributed by atoms with Crippen molar-refractivity contribution in [2.24, 2.45) is 0 Å². The van der Waals surface area contributed by atoms with Crippen LogP contribution in [0.2, 0.25) is 0 Å². The molecule has 0 atom stereocenters. The SMILES string of the molecule is O=C(CN(CCO)C1CC1)c1ccc(O)cc1O. The number of nitrogens with zero attached hydrogens (tertiary/aromatic N) is 1. The summed E-state index contributed by atoms with van der Waals surface area (Å²) in [4.78, 5) is 14.0. The zero-order valence-electron chi connectivity index (χ0n) is 10.0. The van der Waals surface area contributed by atoms with Crippen molar-refractivity contribution in [3.8, 4) is 11.5 Å². The minimum atomic E-state index is -0.209. The van der Waals surface area contributed by atoms with Gasteiger partial charge >= 0.3 is 0 Å². The van der Waals surface area contributed by atoms with E-state index in [0.717, 1.165) is 18.9 Å². The lowest BCUT2D eigenvalue weighted by Gasteiger charge is -2.19. The number of phenolic OH excluding ortho intramolecular Hbond substituents is 2. The first-order valence-corrected chi connectivity index (χ1v) is 6.02. The van der Waals surface area contributed by atoms with Gasteiger partial charge in [-0.3, -0.25) is 9.69 Å². The Bertz CT molecular complexity index is 443. The van der Waals surface area contributed by atoms with Gasteiger partial charge in [0.15, 0.2) is 5.78 Å². The standard InChI is InChI=1S/C13H17NO4/c15-6-5-14(9-1-2-9)8-13(18)11-4-3-10(16)7-12(11)17/h3-4,7,9,15-17H,1-2,5-6,8H2. The fourth-order valence-electron chi connectivity index (χ4n) is 1.98. The van der Waals surface area contributed by atoms with Gasteiger partial charge < -0.3 is 15.3 Å². The van der Waals surface area contributed by atoms with Crippen LogP contribution >= 0.6 is 0 Å². The predicted octanol–water partition coefficient (Wildman–Crippen LogP) is 0.737. The maximum Gasteiger partial charge on any atom is 0.180 e. The highest BCUT2D eigenvalue weighted by Crippen LogP contribution is 2.28. The molecule has 0 heterocycles. The van der Waals surface area contributed by atoms with Gasteiger partial charge in [0.05, 0.1) is 18.7 Å². The van der Waals surface area contributed by atoms with Crippen LogP contribution in [0.5, 0.6) is 11.5 Å². The average Bonchev–Trinajstić information content (AvgIpc) is 3.11. The van der Waals surface area contributed by atoms with E-state index in [4.69, 9.17) is 10.2 Å². The van der Waals surface area contributed by atoms with Gasteiger partial charge in [-0.2, -0.15) is 0 Å². The Labute approximate surface area is 105 Å². The van der Waals surface area contributed by atoms with Crippen molar-refractivity contribution in [3.05, 3.63) is 23.8 Å². The molecule has 0 unspecified atom stereocenters. The molecule has 1 aliphatic carbocycles. The van der Waals surface area contributed by atoms with Crippen LogP contribution < -0.4 is 0 Å². The quantitative estimate of drug-likeness (QED) is 0.650. The van der Waals surface area contributed by atoms with Crippen molar-refractivity contribution in [2.75, 3.05) is 19.7 Å². The summed E-state index contributed by atoms with van der Waals surface area (Å²) >= 11 is 0. The highest BCUT2D eigenvalue weighted by molar-refractivity contribution is 6.00. The lowest BCUT2D eigenvalue weighted by molar-refractivity contribution is 0.0904. The smallest absolute Gasteiger partial charge is 0.180 e. The van der Waals surface area contributed by atoms with Crippen molar-refractivity contribution >= 4 is 5.78 Å². The molecule has 5 nitrogen and oxygen atoms in total. The van der Waals surface area contributed by atoms with Gasteiger partial charge in [-0.1, -0.05) is 0 Å². The average molecular weight is 251 g/mol. The molecule has 0 amide bonds. The highest BCUT2D eigenvalue weighted by atomic mass is 16.3. The Morgan fingerprint density at radius 2 is 2.06 bits per heavy atom. The maximum atomic E-state index is 12.0. The number of carbonyl (C=O) groups excluding carboxylic acids is 1. The summed E-state index contributed by atoms with van der Waals surface area (Å²) in [5, 5.41) is 27.7.